The fourth-order valence-electron chi connectivity index (χ4n) is 3.08. The van der Waals surface area contributed by atoms with Gasteiger partial charge in [0.05, 0.1) is 11.7 Å². The molecule has 3 aromatic rings. The van der Waals surface area contributed by atoms with Crippen LogP contribution in [0.4, 0.5) is 10.6 Å². The minimum Gasteiger partial charge on any atom is -0.444 e. The second-order valence-electron chi connectivity index (χ2n) is 7.46. The molecule has 0 aliphatic carbocycles. The zero-order valence-corrected chi connectivity index (χ0v) is 16.2. The van der Waals surface area contributed by atoms with Gasteiger partial charge in [0.25, 0.3) is 0 Å². The summed E-state index contributed by atoms with van der Waals surface area (Å²) in [5, 5.41) is 9.42. The third-order valence-electron chi connectivity index (χ3n) is 4.08. The molecule has 0 atom stereocenters. The molecule has 0 saturated heterocycles. The first kappa shape index (κ1) is 18.9. The zero-order chi connectivity index (χ0) is 19.6. The number of nitrogens with zero attached hydrogens (tertiary/aromatic N) is 4. The van der Waals surface area contributed by atoms with E-state index in [1.807, 2.05) is 31.5 Å². The molecule has 27 heavy (non-hydrogen) atoms. The third-order valence-corrected chi connectivity index (χ3v) is 4.08. The highest BCUT2D eigenvalue weighted by molar-refractivity contribution is 6.09. The summed E-state index contributed by atoms with van der Waals surface area (Å²) in [6, 6.07) is 1.92. The Morgan fingerprint density at radius 2 is 2.15 bits per heavy atom. The van der Waals surface area contributed by atoms with Gasteiger partial charge < -0.3 is 15.8 Å². The van der Waals surface area contributed by atoms with Gasteiger partial charge in [0.1, 0.15) is 11.1 Å². The summed E-state index contributed by atoms with van der Waals surface area (Å²) < 4.78 is 7.26. The third kappa shape index (κ3) is 4.10. The molecular formula is C19H26N6O2. The van der Waals surface area contributed by atoms with Crippen LogP contribution in [-0.2, 0) is 17.7 Å². The summed E-state index contributed by atoms with van der Waals surface area (Å²) in [7, 11) is 0. The largest absolute Gasteiger partial charge is 0.444 e. The van der Waals surface area contributed by atoms with Gasteiger partial charge in [-0.05, 0) is 33.3 Å². The number of hydrogen-bond acceptors (Lipinski definition) is 6. The molecule has 3 aromatic heterocycles. The summed E-state index contributed by atoms with van der Waals surface area (Å²) in [4.78, 5) is 20.5. The van der Waals surface area contributed by atoms with Gasteiger partial charge in [-0.3, -0.25) is 9.67 Å². The van der Waals surface area contributed by atoms with Gasteiger partial charge in [-0.15, -0.1) is 0 Å². The van der Waals surface area contributed by atoms with Crippen LogP contribution in [0.25, 0.3) is 21.8 Å². The van der Waals surface area contributed by atoms with E-state index < -0.39 is 11.7 Å². The number of carbonyl (C=O) groups excluding carboxylic acids is 1. The molecule has 0 aromatic carbocycles. The standard InChI is InChI=1S/C19H26N6O2/c1-5-10-25-14(7-9-22-18(26)27-19(2,3)4)15-12-6-8-21-11-13(12)23-17(20)16(15)24-25/h6,8,11H,5,7,9-10H2,1-4H3,(H2,20,23)(H,22,26). The molecule has 0 aliphatic rings. The quantitative estimate of drug-likeness (QED) is 0.715. The van der Waals surface area contributed by atoms with Crippen LogP contribution in [0.3, 0.4) is 0 Å². The molecule has 0 aliphatic heterocycles. The number of aryl methyl sites for hydroxylation is 1. The second kappa shape index (κ2) is 7.38. The molecule has 0 bridgehead atoms. The average Bonchev–Trinajstić information content (AvgIpc) is 2.93. The minimum absolute atomic E-state index is 0.390. The lowest BCUT2D eigenvalue weighted by atomic mass is 10.1. The Balaban J connectivity index is 1.95. The Hall–Kier alpha value is -2.90. The summed E-state index contributed by atoms with van der Waals surface area (Å²) in [6.07, 6.45) is 4.55. The van der Waals surface area contributed by atoms with Crippen LogP contribution < -0.4 is 11.1 Å². The second-order valence-corrected chi connectivity index (χ2v) is 7.46. The Bertz CT molecular complexity index is 974. The van der Waals surface area contributed by atoms with Crippen molar-refractivity contribution in [3.05, 3.63) is 24.2 Å². The van der Waals surface area contributed by atoms with Crippen molar-refractivity contribution >= 4 is 33.7 Å². The molecule has 0 unspecified atom stereocenters. The van der Waals surface area contributed by atoms with Gasteiger partial charge in [0, 0.05) is 42.2 Å². The van der Waals surface area contributed by atoms with Gasteiger partial charge >= 0.3 is 6.09 Å². The Morgan fingerprint density at radius 3 is 2.85 bits per heavy atom. The fraction of sp³-hybridized carbons (Fsp3) is 0.474. The number of aromatic nitrogens is 4. The van der Waals surface area contributed by atoms with E-state index in [4.69, 9.17) is 10.5 Å². The van der Waals surface area contributed by atoms with Gasteiger partial charge in [-0.1, -0.05) is 6.92 Å². The Morgan fingerprint density at radius 1 is 1.37 bits per heavy atom. The van der Waals surface area contributed by atoms with E-state index in [0.717, 1.165) is 34.9 Å². The highest BCUT2D eigenvalue weighted by atomic mass is 16.6. The molecule has 8 heteroatoms. The molecule has 3 N–H and O–H groups in total. The van der Waals surface area contributed by atoms with E-state index in [9.17, 15) is 4.79 Å². The summed E-state index contributed by atoms with van der Waals surface area (Å²) in [6.45, 7) is 8.82. The molecule has 1 amide bonds. The number of rotatable bonds is 5. The Labute approximate surface area is 158 Å². The van der Waals surface area contributed by atoms with Crippen LogP contribution in [0.5, 0.6) is 0 Å². The maximum absolute atomic E-state index is 11.9. The number of alkyl carbamates (subject to hydrolysis) is 1. The lowest BCUT2D eigenvalue weighted by molar-refractivity contribution is 0.0528. The molecule has 3 rings (SSSR count). The molecular weight excluding hydrogens is 344 g/mol. The number of anilines is 1. The van der Waals surface area contributed by atoms with Crippen molar-refractivity contribution in [2.75, 3.05) is 12.3 Å². The van der Waals surface area contributed by atoms with Crippen molar-refractivity contribution in [1.82, 2.24) is 25.1 Å². The van der Waals surface area contributed by atoms with Crippen molar-refractivity contribution in [1.29, 1.82) is 0 Å². The first-order chi connectivity index (χ1) is 12.8. The van der Waals surface area contributed by atoms with Crippen LogP contribution in [0.15, 0.2) is 18.5 Å². The van der Waals surface area contributed by atoms with Gasteiger partial charge in [0.15, 0.2) is 5.82 Å². The zero-order valence-electron chi connectivity index (χ0n) is 16.2. The van der Waals surface area contributed by atoms with Crippen molar-refractivity contribution in [3.63, 3.8) is 0 Å². The van der Waals surface area contributed by atoms with E-state index in [1.54, 1.807) is 12.4 Å². The predicted molar refractivity (Wildman–Crippen MR) is 105 cm³/mol. The predicted octanol–water partition coefficient (Wildman–Crippen LogP) is 3.04. The highest BCUT2D eigenvalue weighted by Crippen LogP contribution is 2.30. The first-order valence-electron chi connectivity index (χ1n) is 9.15. The number of fused-ring (bicyclic) bond motifs is 3. The van der Waals surface area contributed by atoms with E-state index >= 15 is 0 Å². The van der Waals surface area contributed by atoms with Crippen LogP contribution in [0.2, 0.25) is 0 Å². The first-order valence-corrected chi connectivity index (χ1v) is 9.15. The molecule has 0 fully saturated rings. The minimum atomic E-state index is -0.524. The number of hydrogen-bond donors (Lipinski definition) is 2. The van der Waals surface area contributed by atoms with E-state index in [1.165, 1.54) is 0 Å². The average molecular weight is 370 g/mol. The SMILES string of the molecule is CCCn1nc2c(N)nc3cnccc3c2c1CCNC(=O)OC(C)(C)C. The van der Waals surface area contributed by atoms with Crippen molar-refractivity contribution in [2.24, 2.45) is 0 Å². The van der Waals surface area contributed by atoms with E-state index in [2.05, 4.69) is 27.3 Å². The van der Waals surface area contributed by atoms with Gasteiger partial charge in [-0.25, -0.2) is 9.78 Å². The van der Waals surface area contributed by atoms with Crippen LogP contribution in [0.1, 0.15) is 39.8 Å². The van der Waals surface area contributed by atoms with E-state index in [-0.39, 0.29) is 0 Å². The number of amides is 1. The molecule has 0 saturated carbocycles. The lowest BCUT2D eigenvalue weighted by Gasteiger charge is -2.19. The molecule has 8 nitrogen and oxygen atoms in total. The monoisotopic (exact) mass is 370 g/mol. The Kier molecular flexibility index (Phi) is 5.16. The van der Waals surface area contributed by atoms with Crippen molar-refractivity contribution in [3.8, 4) is 0 Å². The number of pyridine rings is 2. The molecule has 3 heterocycles. The van der Waals surface area contributed by atoms with Crippen LogP contribution in [0, 0.1) is 0 Å². The maximum Gasteiger partial charge on any atom is 0.407 e. The normalized spacial score (nSPS) is 11.9. The number of ether oxygens (including phenoxy) is 1. The molecule has 144 valence electrons. The number of nitrogen functional groups attached to an aromatic ring is 1. The van der Waals surface area contributed by atoms with Crippen LogP contribution >= 0.6 is 0 Å². The number of nitrogens with one attached hydrogen (secondary N) is 1. The lowest BCUT2D eigenvalue weighted by Crippen LogP contribution is -2.33. The molecule has 0 spiro atoms. The highest BCUT2D eigenvalue weighted by Gasteiger charge is 2.19. The fourth-order valence-corrected chi connectivity index (χ4v) is 3.08. The van der Waals surface area contributed by atoms with Crippen molar-refractivity contribution < 1.29 is 9.53 Å². The summed E-state index contributed by atoms with van der Waals surface area (Å²) in [5.41, 5.74) is 8.07. The summed E-state index contributed by atoms with van der Waals surface area (Å²) in [5.74, 6) is 0.390. The number of carbonyl (C=O) groups is 1. The number of nitrogens with two attached hydrogens (primary N) is 1. The van der Waals surface area contributed by atoms with Gasteiger partial charge in [-0.2, -0.15) is 5.10 Å². The van der Waals surface area contributed by atoms with Crippen LogP contribution in [-0.4, -0.2) is 38.0 Å². The maximum atomic E-state index is 11.9. The smallest absolute Gasteiger partial charge is 0.407 e. The molecule has 0 radical (unpaired) electrons. The topological polar surface area (TPSA) is 108 Å². The van der Waals surface area contributed by atoms with Crippen molar-refractivity contribution in [2.45, 2.75) is 52.7 Å². The van der Waals surface area contributed by atoms with E-state index in [0.29, 0.717) is 24.3 Å². The van der Waals surface area contributed by atoms with Gasteiger partial charge in [0.2, 0.25) is 0 Å². The summed E-state index contributed by atoms with van der Waals surface area (Å²) >= 11 is 0.